The Morgan fingerprint density at radius 1 is 1.58 bits per heavy atom. The van der Waals surface area contributed by atoms with E-state index in [9.17, 15) is 4.79 Å². The Hall–Kier alpha value is -1.66. The zero-order valence-electron chi connectivity index (χ0n) is 6.32. The van der Waals surface area contributed by atoms with Crippen LogP contribution >= 0.6 is 0 Å². The molecule has 0 saturated heterocycles. The Labute approximate surface area is 70.1 Å². The lowest BCUT2D eigenvalue weighted by Gasteiger charge is -1.89. The molecule has 0 aromatic carbocycles. The van der Waals surface area contributed by atoms with Crippen molar-refractivity contribution in [2.75, 3.05) is 6.61 Å². The van der Waals surface area contributed by atoms with E-state index in [2.05, 4.69) is 16.8 Å². The van der Waals surface area contributed by atoms with Crippen LogP contribution in [0.25, 0.3) is 0 Å². The SMILES string of the molecule is O=Cc1cncc(C#CCO)c1. The number of carbonyl (C=O) groups excluding carboxylic acids is 1. The number of nitrogens with zero attached hydrogens (tertiary/aromatic N) is 1. The van der Waals surface area contributed by atoms with Crippen molar-refractivity contribution in [3.05, 3.63) is 29.6 Å². The zero-order valence-corrected chi connectivity index (χ0v) is 6.32. The Morgan fingerprint density at radius 3 is 3.08 bits per heavy atom. The van der Waals surface area contributed by atoms with Crippen LogP contribution in [0.1, 0.15) is 15.9 Å². The van der Waals surface area contributed by atoms with E-state index >= 15 is 0 Å². The molecule has 3 heteroatoms. The third kappa shape index (κ3) is 2.19. The van der Waals surface area contributed by atoms with E-state index in [1.54, 1.807) is 6.07 Å². The maximum Gasteiger partial charge on any atom is 0.151 e. The van der Waals surface area contributed by atoms with Crippen molar-refractivity contribution in [3.8, 4) is 11.8 Å². The van der Waals surface area contributed by atoms with Crippen LogP contribution in [0.2, 0.25) is 0 Å². The van der Waals surface area contributed by atoms with Crippen LogP contribution in [-0.2, 0) is 0 Å². The first-order chi connectivity index (χ1) is 5.86. The first-order valence-electron chi connectivity index (χ1n) is 3.37. The molecule has 0 amide bonds. The summed E-state index contributed by atoms with van der Waals surface area (Å²) < 4.78 is 0. The number of aromatic nitrogens is 1. The van der Waals surface area contributed by atoms with Crippen LogP contribution in [0.3, 0.4) is 0 Å². The topological polar surface area (TPSA) is 50.2 Å². The Kier molecular flexibility index (Phi) is 3.00. The molecule has 0 fully saturated rings. The molecule has 12 heavy (non-hydrogen) atoms. The van der Waals surface area contributed by atoms with Crippen molar-refractivity contribution in [1.82, 2.24) is 4.98 Å². The fourth-order valence-electron chi connectivity index (χ4n) is 0.732. The highest BCUT2D eigenvalue weighted by Gasteiger charge is 1.90. The molecule has 0 saturated carbocycles. The van der Waals surface area contributed by atoms with Gasteiger partial charge in [-0.05, 0) is 6.07 Å². The van der Waals surface area contributed by atoms with Crippen LogP contribution in [0.15, 0.2) is 18.5 Å². The molecule has 1 N–H and O–H groups in total. The fourth-order valence-corrected chi connectivity index (χ4v) is 0.732. The lowest BCUT2D eigenvalue weighted by atomic mass is 10.2. The van der Waals surface area contributed by atoms with Gasteiger partial charge in [-0.3, -0.25) is 9.78 Å². The lowest BCUT2D eigenvalue weighted by Crippen LogP contribution is -1.84. The van der Waals surface area contributed by atoms with Crippen LogP contribution in [0.5, 0.6) is 0 Å². The van der Waals surface area contributed by atoms with Gasteiger partial charge in [0.05, 0.1) is 0 Å². The monoisotopic (exact) mass is 161 g/mol. The molecule has 0 spiro atoms. The maximum atomic E-state index is 10.3. The molecule has 0 unspecified atom stereocenters. The molecule has 3 nitrogen and oxygen atoms in total. The van der Waals surface area contributed by atoms with E-state index < -0.39 is 0 Å². The minimum atomic E-state index is -0.189. The largest absolute Gasteiger partial charge is 0.384 e. The molecule has 1 rings (SSSR count). The summed E-state index contributed by atoms with van der Waals surface area (Å²) in [6.07, 6.45) is 3.70. The van der Waals surface area contributed by atoms with Gasteiger partial charge >= 0.3 is 0 Å². The van der Waals surface area contributed by atoms with Gasteiger partial charge in [0, 0.05) is 23.5 Å². The third-order valence-electron chi connectivity index (χ3n) is 1.21. The summed E-state index contributed by atoms with van der Waals surface area (Å²) in [6.45, 7) is -0.189. The Balaban J connectivity index is 2.93. The number of aliphatic hydroxyl groups is 1. The summed E-state index contributed by atoms with van der Waals surface area (Å²) >= 11 is 0. The number of hydrogen-bond acceptors (Lipinski definition) is 3. The molecule has 1 aromatic heterocycles. The highest BCUT2D eigenvalue weighted by atomic mass is 16.2. The van der Waals surface area contributed by atoms with Crippen molar-refractivity contribution in [1.29, 1.82) is 0 Å². The van der Waals surface area contributed by atoms with Gasteiger partial charge in [0.2, 0.25) is 0 Å². The molecule has 0 aliphatic heterocycles. The highest BCUT2D eigenvalue weighted by molar-refractivity contribution is 5.74. The van der Waals surface area contributed by atoms with E-state index in [4.69, 9.17) is 5.11 Å². The molecular weight excluding hydrogens is 154 g/mol. The normalized spacial score (nSPS) is 8.42. The lowest BCUT2D eigenvalue weighted by molar-refractivity contribution is 0.112. The number of carbonyl (C=O) groups is 1. The van der Waals surface area contributed by atoms with Gasteiger partial charge in [0.15, 0.2) is 6.29 Å². The Morgan fingerprint density at radius 2 is 2.42 bits per heavy atom. The second kappa shape index (κ2) is 4.27. The molecule has 0 bridgehead atoms. The van der Waals surface area contributed by atoms with Gasteiger partial charge in [-0.1, -0.05) is 11.8 Å². The predicted octanol–water partition coefficient (Wildman–Crippen LogP) is 0.238. The van der Waals surface area contributed by atoms with Gasteiger partial charge in [0.25, 0.3) is 0 Å². The molecular formula is C9H7NO2. The summed E-state index contributed by atoms with van der Waals surface area (Å²) in [5, 5.41) is 8.39. The van der Waals surface area contributed by atoms with Crippen molar-refractivity contribution >= 4 is 6.29 Å². The summed E-state index contributed by atoms with van der Waals surface area (Å²) in [6, 6.07) is 1.61. The average molecular weight is 161 g/mol. The predicted molar refractivity (Wildman–Crippen MR) is 43.6 cm³/mol. The first kappa shape index (κ1) is 8.44. The van der Waals surface area contributed by atoms with Crippen LogP contribution < -0.4 is 0 Å². The van der Waals surface area contributed by atoms with Crippen LogP contribution in [-0.4, -0.2) is 23.0 Å². The van der Waals surface area contributed by atoms with Crippen molar-refractivity contribution in [2.45, 2.75) is 0 Å². The van der Waals surface area contributed by atoms with Crippen molar-refractivity contribution in [3.63, 3.8) is 0 Å². The van der Waals surface area contributed by atoms with E-state index in [0.29, 0.717) is 17.4 Å². The number of pyridine rings is 1. The standard InChI is InChI=1S/C9H7NO2/c11-3-1-2-8-4-9(7-12)6-10-5-8/h4-7,11H,3H2. The first-order valence-corrected chi connectivity index (χ1v) is 3.37. The van der Waals surface area contributed by atoms with E-state index in [0.717, 1.165) is 0 Å². The summed E-state index contributed by atoms with van der Waals surface area (Å²) in [5.41, 5.74) is 1.12. The molecule has 0 atom stereocenters. The van der Waals surface area contributed by atoms with E-state index in [1.807, 2.05) is 0 Å². The van der Waals surface area contributed by atoms with Crippen molar-refractivity contribution in [2.24, 2.45) is 0 Å². The highest BCUT2D eigenvalue weighted by Crippen LogP contribution is 1.97. The minimum absolute atomic E-state index is 0.189. The van der Waals surface area contributed by atoms with E-state index in [1.165, 1.54) is 12.4 Å². The molecule has 0 aliphatic carbocycles. The second-order valence-electron chi connectivity index (χ2n) is 2.08. The smallest absolute Gasteiger partial charge is 0.151 e. The third-order valence-corrected chi connectivity index (χ3v) is 1.21. The van der Waals surface area contributed by atoms with E-state index in [-0.39, 0.29) is 6.61 Å². The van der Waals surface area contributed by atoms with Crippen molar-refractivity contribution < 1.29 is 9.90 Å². The maximum absolute atomic E-state index is 10.3. The number of aliphatic hydroxyl groups excluding tert-OH is 1. The molecule has 60 valence electrons. The molecule has 0 aliphatic rings. The van der Waals surface area contributed by atoms with Crippen LogP contribution in [0, 0.1) is 11.8 Å². The summed E-state index contributed by atoms with van der Waals surface area (Å²) in [4.78, 5) is 14.1. The van der Waals surface area contributed by atoms with Gasteiger partial charge in [-0.25, -0.2) is 0 Å². The van der Waals surface area contributed by atoms with Gasteiger partial charge < -0.3 is 5.11 Å². The summed E-state index contributed by atoms with van der Waals surface area (Å²) in [5.74, 6) is 5.11. The van der Waals surface area contributed by atoms with Gasteiger partial charge in [-0.2, -0.15) is 0 Å². The number of rotatable bonds is 1. The molecule has 0 radical (unpaired) electrons. The molecule has 1 heterocycles. The quantitative estimate of drug-likeness (QED) is 0.474. The average Bonchev–Trinajstić information content (AvgIpc) is 2.15. The van der Waals surface area contributed by atoms with Crippen LogP contribution in [0.4, 0.5) is 0 Å². The van der Waals surface area contributed by atoms with Gasteiger partial charge in [-0.15, -0.1) is 0 Å². The summed E-state index contributed by atoms with van der Waals surface area (Å²) in [7, 11) is 0. The second-order valence-corrected chi connectivity index (χ2v) is 2.08. The zero-order chi connectivity index (χ0) is 8.81. The number of hydrogen-bond donors (Lipinski definition) is 1. The minimum Gasteiger partial charge on any atom is -0.384 e. The number of aldehydes is 1. The van der Waals surface area contributed by atoms with Gasteiger partial charge in [0.1, 0.15) is 6.61 Å². The molecule has 1 aromatic rings. The Bertz CT molecular complexity index is 336. The fraction of sp³-hybridized carbons (Fsp3) is 0.111.